The van der Waals surface area contributed by atoms with E-state index in [-0.39, 0.29) is 29.4 Å². The van der Waals surface area contributed by atoms with E-state index in [0.29, 0.717) is 23.9 Å². The van der Waals surface area contributed by atoms with Crippen molar-refractivity contribution in [1.82, 2.24) is 29.9 Å². The van der Waals surface area contributed by atoms with Gasteiger partial charge in [-0.25, -0.2) is 13.9 Å². The lowest BCUT2D eigenvalue weighted by atomic mass is 9.91. The predicted octanol–water partition coefficient (Wildman–Crippen LogP) is 2.89. The quantitative estimate of drug-likeness (QED) is 0.192. The summed E-state index contributed by atoms with van der Waals surface area (Å²) in [5, 5.41) is 17.3. The number of carbonyl (C=O) groups is 2. The average molecular weight is 573 g/mol. The van der Waals surface area contributed by atoms with Gasteiger partial charge < -0.3 is 27.0 Å². The molecular formula is C29H33FN10O2. The molecule has 42 heavy (non-hydrogen) atoms. The fraction of sp³-hybridized carbons (Fsp3) is 0.379. The smallest absolute Gasteiger partial charge is 0.276 e. The molecule has 0 radical (unpaired) electrons. The van der Waals surface area contributed by atoms with Crippen molar-refractivity contribution in [2.45, 2.75) is 69.1 Å². The molecule has 0 aliphatic heterocycles. The van der Waals surface area contributed by atoms with Crippen molar-refractivity contribution in [2.75, 3.05) is 16.0 Å². The summed E-state index contributed by atoms with van der Waals surface area (Å²) in [7, 11) is 0. The van der Waals surface area contributed by atoms with Gasteiger partial charge in [0, 0.05) is 48.7 Å². The number of pyridine rings is 2. The molecule has 2 fully saturated rings. The summed E-state index contributed by atoms with van der Waals surface area (Å²) in [6, 6.07) is 8.76. The Morgan fingerprint density at radius 1 is 0.952 bits per heavy atom. The third kappa shape index (κ3) is 6.46. The minimum Gasteiger partial charge on any atom is -0.379 e. The maximum absolute atomic E-state index is 14.1. The number of halogens is 1. The monoisotopic (exact) mass is 572 g/mol. The Morgan fingerprint density at radius 3 is 2.45 bits per heavy atom. The highest BCUT2D eigenvalue weighted by Crippen LogP contribution is 2.30. The van der Waals surface area contributed by atoms with Crippen LogP contribution in [0.5, 0.6) is 0 Å². The third-order valence-electron chi connectivity index (χ3n) is 7.58. The Hall–Kier alpha value is -4.65. The standard InChI is InChI=1S/C29H33FN10O2/c30-21-15-32-12-10-23(21)38-29(42)25-16-34-27-24(35-17-4-5-17)14-26(39-40(25)27)36-18-6-8-19(9-7-18)37-28(41)22(31)13-20-3-1-2-11-33-20/h1-3,10-12,14-19,22,35H,4-9,13,31H2,(H,36,39)(H,37,41)(H,32,38,42)/t18?,19?,22-/m0/s1. The van der Waals surface area contributed by atoms with Crippen LogP contribution in [0.15, 0.2) is 55.1 Å². The van der Waals surface area contributed by atoms with Gasteiger partial charge in [0.15, 0.2) is 17.2 Å². The third-order valence-corrected chi connectivity index (χ3v) is 7.58. The van der Waals surface area contributed by atoms with E-state index in [2.05, 4.69) is 41.3 Å². The molecule has 4 aromatic heterocycles. The number of nitrogens with zero attached hydrogens (tertiary/aromatic N) is 5. The molecule has 0 unspecified atom stereocenters. The number of anilines is 3. The van der Waals surface area contributed by atoms with Crippen LogP contribution >= 0.6 is 0 Å². The summed E-state index contributed by atoms with van der Waals surface area (Å²) in [5.74, 6) is -0.740. The molecule has 6 rings (SSSR count). The number of imidazole rings is 1. The van der Waals surface area contributed by atoms with Crippen molar-refractivity contribution in [2.24, 2.45) is 5.73 Å². The minimum atomic E-state index is -0.652. The highest BCUT2D eigenvalue weighted by Gasteiger charge is 2.27. The molecule has 0 spiro atoms. The zero-order valence-corrected chi connectivity index (χ0v) is 23.0. The number of aromatic nitrogens is 5. The summed E-state index contributed by atoms with van der Waals surface area (Å²) in [6.45, 7) is 0. The van der Waals surface area contributed by atoms with Crippen molar-refractivity contribution in [3.05, 3.63) is 72.3 Å². The number of nitrogens with two attached hydrogens (primary N) is 1. The molecule has 4 heterocycles. The first-order valence-electron chi connectivity index (χ1n) is 14.2. The van der Waals surface area contributed by atoms with Crippen LogP contribution in [-0.4, -0.2) is 60.5 Å². The van der Waals surface area contributed by atoms with E-state index < -0.39 is 17.8 Å². The first-order valence-corrected chi connectivity index (χ1v) is 14.2. The molecule has 2 amide bonds. The van der Waals surface area contributed by atoms with Gasteiger partial charge in [-0.05, 0) is 56.7 Å². The summed E-state index contributed by atoms with van der Waals surface area (Å²) in [6.07, 6.45) is 11.3. The summed E-state index contributed by atoms with van der Waals surface area (Å²) in [5.41, 5.74) is 8.41. The van der Waals surface area contributed by atoms with Crippen molar-refractivity contribution in [3.8, 4) is 0 Å². The maximum atomic E-state index is 14.1. The molecule has 2 aliphatic carbocycles. The van der Waals surface area contributed by atoms with E-state index in [4.69, 9.17) is 5.73 Å². The van der Waals surface area contributed by atoms with Crippen LogP contribution in [-0.2, 0) is 11.2 Å². The van der Waals surface area contributed by atoms with Crippen LogP contribution in [0.1, 0.15) is 54.7 Å². The van der Waals surface area contributed by atoms with E-state index in [1.54, 1.807) is 6.20 Å². The van der Waals surface area contributed by atoms with E-state index in [1.807, 2.05) is 24.3 Å². The molecule has 0 aromatic carbocycles. The lowest BCUT2D eigenvalue weighted by molar-refractivity contribution is -0.123. The van der Waals surface area contributed by atoms with Crippen molar-refractivity contribution < 1.29 is 14.0 Å². The normalized spacial score (nSPS) is 19.2. The Bertz CT molecular complexity index is 1570. The molecule has 1 atom stereocenters. The molecule has 13 heteroatoms. The van der Waals surface area contributed by atoms with Crippen molar-refractivity contribution >= 4 is 34.7 Å². The van der Waals surface area contributed by atoms with Gasteiger partial charge in [0.1, 0.15) is 5.82 Å². The SMILES string of the molecule is N[C@@H](Cc1ccccn1)C(=O)NC1CCC(Nc2cc(NC3CC3)c3ncc(C(=O)Nc4ccncc4F)n3n2)CC1. The summed E-state index contributed by atoms with van der Waals surface area (Å²) < 4.78 is 15.6. The Kier molecular flexibility index (Phi) is 7.91. The van der Waals surface area contributed by atoms with Crippen molar-refractivity contribution in [3.63, 3.8) is 0 Å². The Morgan fingerprint density at radius 2 is 1.71 bits per heavy atom. The van der Waals surface area contributed by atoms with Gasteiger partial charge in [-0.2, -0.15) is 0 Å². The van der Waals surface area contributed by atoms with Gasteiger partial charge in [-0.1, -0.05) is 6.07 Å². The van der Waals surface area contributed by atoms with E-state index >= 15 is 0 Å². The molecule has 218 valence electrons. The van der Waals surface area contributed by atoms with Crippen molar-refractivity contribution in [1.29, 1.82) is 0 Å². The lowest BCUT2D eigenvalue weighted by Crippen LogP contribution is -2.48. The molecule has 0 saturated heterocycles. The van der Waals surface area contributed by atoms with Crippen LogP contribution in [0.2, 0.25) is 0 Å². The number of rotatable bonds is 10. The second kappa shape index (κ2) is 12.1. The fourth-order valence-corrected chi connectivity index (χ4v) is 5.15. The first-order chi connectivity index (χ1) is 20.4. The summed E-state index contributed by atoms with van der Waals surface area (Å²) >= 11 is 0. The number of hydrogen-bond acceptors (Lipinski definition) is 9. The maximum Gasteiger partial charge on any atom is 0.276 e. The predicted molar refractivity (Wildman–Crippen MR) is 156 cm³/mol. The van der Waals surface area contributed by atoms with Crippen LogP contribution in [0, 0.1) is 5.82 Å². The van der Waals surface area contributed by atoms with Crippen LogP contribution in [0.3, 0.4) is 0 Å². The van der Waals surface area contributed by atoms with Gasteiger partial charge in [0.2, 0.25) is 5.91 Å². The lowest BCUT2D eigenvalue weighted by Gasteiger charge is -2.30. The van der Waals surface area contributed by atoms with Crippen LogP contribution in [0.4, 0.5) is 21.6 Å². The summed E-state index contributed by atoms with van der Waals surface area (Å²) in [4.78, 5) is 38.2. The van der Waals surface area contributed by atoms with Gasteiger partial charge >= 0.3 is 0 Å². The highest BCUT2D eigenvalue weighted by atomic mass is 19.1. The minimum absolute atomic E-state index is 0.0251. The van der Waals surface area contributed by atoms with Gasteiger partial charge in [-0.3, -0.25) is 19.6 Å². The molecule has 6 N–H and O–H groups in total. The van der Waals surface area contributed by atoms with E-state index in [1.165, 1.54) is 23.0 Å². The largest absolute Gasteiger partial charge is 0.379 e. The molecule has 0 bridgehead atoms. The Labute approximate surface area is 241 Å². The second-order valence-corrected chi connectivity index (χ2v) is 10.9. The van der Waals surface area contributed by atoms with Crippen LogP contribution < -0.4 is 27.0 Å². The molecule has 2 aliphatic rings. The molecule has 4 aromatic rings. The van der Waals surface area contributed by atoms with Gasteiger partial charge in [0.05, 0.1) is 29.8 Å². The fourth-order valence-electron chi connectivity index (χ4n) is 5.15. The van der Waals surface area contributed by atoms with Gasteiger partial charge in [0.25, 0.3) is 5.91 Å². The van der Waals surface area contributed by atoms with Gasteiger partial charge in [-0.15, -0.1) is 5.10 Å². The topological polar surface area (TPSA) is 164 Å². The number of carbonyl (C=O) groups excluding carboxylic acids is 2. The van der Waals surface area contributed by atoms with E-state index in [9.17, 15) is 14.0 Å². The highest BCUT2D eigenvalue weighted by molar-refractivity contribution is 6.03. The van der Waals surface area contributed by atoms with E-state index in [0.717, 1.165) is 56.1 Å². The average Bonchev–Trinajstić information content (AvgIpc) is 3.70. The second-order valence-electron chi connectivity index (χ2n) is 10.9. The number of hydrogen-bond donors (Lipinski definition) is 5. The zero-order valence-electron chi connectivity index (χ0n) is 23.0. The number of amides is 2. The first kappa shape index (κ1) is 27.5. The Balaban J connectivity index is 1.11. The number of nitrogens with one attached hydrogen (secondary N) is 4. The molecule has 2 saturated carbocycles. The molecule has 12 nitrogen and oxygen atoms in total. The molecular weight excluding hydrogens is 539 g/mol. The number of fused-ring (bicyclic) bond motifs is 1. The van der Waals surface area contributed by atoms with Crippen LogP contribution in [0.25, 0.3) is 5.65 Å². The zero-order chi connectivity index (χ0) is 29.1.